The molecule has 2 aliphatic rings. The Labute approximate surface area is 124 Å². The van der Waals surface area contributed by atoms with Gasteiger partial charge in [0.2, 0.25) is 0 Å². The van der Waals surface area contributed by atoms with Crippen LogP contribution in [-0.2, 0) is 6.54 Å². The molecule has 2 fully saturated rings. The standard InChI is InChI=1S/C16H22N2O3/c19-18(20)15-10-12(11-17-13-7-8-13)6-9-16(15)21-14-4-2-1-3-5-14/h6,9-10,13-14,17H,1-5,7-8,11H2. The van der Waals surface area contributed by atoms with E-state index in [1.165, 1.54) is 19.3 Å². The highest BCUT2D eigenvalue weighted by Gasteiger charge is 2.23. The summed E-state index contributed by atoms with van der Waals surface area (Å²) in [6, 6.07) is 5.94. The van der Waals surface area contributed by atoms with Crippen molar-refractivity contribution in [2.24, 2.45) is 0 Å². The van der Waals surface area contributed by atoms with Gasteiger partial charge in [0, 0.05) is 18.7 Å². The van der Waals surface area contributed by atoms with E-state index in [1.54, 1.807) is 12.1 Å². The van der Waals surface area contributed by atoms with Gasteiger partial charge in [-0.2, -0.15) is 0 Å². The molecule has 21 heavy (non-hydrogen) atoms. The molecular formula is C16H22N2O3. The first kappa shape index (κ1) is 14.3. The largest absolute Gasteiger partial charge is 0.484 e. The molecule has 2 aliphatic carbocycles. The molecule has 3 rings (SSSR count). The highest BCUT2D eigenvalue weighted by atomic mass is 16.6. The number of nitrogens with one attached hydrogen (secondary N) is 1. The Bertz CT molecular complexity index is 508. The molecule has 0 bridgehead atoms. The van der Waals surface area contributed by atoms with Crippen LogP contribution in [0.1, 0.15) is 50.5 Å². The molecule has 5 nitrogen and oxygen atoms in total. The lowest BCUT2D eigenvalue weighted by Gasteiger charge is -2.22. The van der Waals surface area contributed by atoms with Gasteiger partial charge in [-0.05, 0) is 50.2 Å². The first-order valence-corrected chi connectivity index (χ1v) is 7.90. The number of nitrogens with zero attached hydrogens (tertiary/aromatic N) is 1. The van der Waals surface area contributed by atoms with E-state index in [0.717, 1.165) is 31.2 Å². The molecule has 0 saturated heterocycles. The molecule has 2 saturated carbocycles. The van der Waals surface area contributed by atoms with Crippen LogP contribution in [-0.4, -0.2) is 17.1 Å². The summed E-state index contributed by atoms with van der Waals surface area (Å²) in [5, 5.41) is 14.6. The summed E-state index contributed by atoms with van der Waals surface area (Å²) in [7, 11) is 0. The minimum absolute atomic E-state index is 0.0932. The summed E-state index contributed by atoms with van der Waals surface area (Å²) >= 11 is 0. The van der Waals surface area contributed by atoms with Crippen LogP contribution >= 0.6 is 0 Å². The lowest BCUT2D eigenvalue weighted by atomic mass is 9.98. The number of benzene rings is 1. The number of nitro groups is 1. The molecule has 1 aromatic carbocycles. The van der Waals surface area contributed by atoms with Crippen molar-refractivity contribution in [3.05, 3.63) is 33.9 Å². The Morgan fingerprint density at radius 2 is 1.95 bits per heavy atom. The average Bonchev–Trinajstić information content (AvgIpc) is 3.31. The molecule has 0 radical (unpaired) electrons. The van der Waals surface area contributed by atoms with Crippen LogP contribution in [0, 0.1) is 10.1 Å². The molecule has 1 N–H and O–H groups in total. The summed E-state index contributed by atoms with van der Waals surface area (Å²) in [4.78, 5) is 10.9. The fourth-order valence-electron chi connectivity index (χ4n) is 2.83. The van der Waals surface area contributed by atoms with Crippen molar-refractivity contribution in [1.29, 1.82) is 0 Å². The molecular weight excluding hydrogens is 268 g/mol. The molecule has 5 heteroatoms. The van der Waals surface area contributed by atoms with Crippen molar-refractivity contribution < 1.29 is 9.66 Å². The molecule has 1 aromatic rings. The van der Waals surface area contributed by atoms with E-state index in [0.29, 0.717) is 18.3 Å². The van der Waals surface area contributed by atoms with Gasteiger partial charge < -0.3 is 10.1 Å². The Morgan fingerprint density at radius 3 is 2.62 bits per heavy atom. The first-order valence-electron chi connectivity index (χ1n) is 7.90. The maximum atomic E-state index is 11.3. The number of nitro benzene ring substituents is 1. The van der Waals surface area contributed by atoms with Crippen LogP contribution in [0.4, 0.5) is 5.69 Å². The fraction of sp³-hybridized carbons (Fsp3) is 0.625. The van der Waals surface area contributed by atoms with Gasteiger partial charge in [-0.1, -0.05) is 12.5 Å². The maximum absolute atomic E-state index is 11.3. The van der Waals surface area contributed by atoms with Crippen molar-refractivity contribution in [1.82, 2.24) is 5.32 Å². The number of hydrogen-bond donors (Lipinski definition) is 1. The van der Waals surface area contributed by atoms with Crippen molar-refractivity contribution in [2.75, 3.05) is 0 Å². The van der Waals surface area contributed by atoms with Gasteiger partial charge in [0.15, 0.2) is 5.75 Å². The SMILES string of the molecule is O=[N+]([O-])c1cc(CNC2CC2)ccc1OC1CCCCC1. The molecule has 0 spiro atoms. The Kier molecular flexibility index (Phi) is 4.39. The quantitative estimate of drug-likeness (QED) is 0.642. The summed E-state index contributed by atoms with van der Waals surface area (Å²) in [5.74, 6) is 0.419. The van der Waals surface area contributed by atoms with Gasteiger partial charge in [0.1, 0.15) is 0 Å². The van der Waals surface area contributed by atoms with Crippen molar-refractivity contribution >= 4 is 5.69 Å². The van der Waals surface area contributed by atoms with Crippen LogP contribution in [0.15, 0.2) is 18.2 Å². The van der Waals surface area contributed by atoms with Crippen molar-refractivity contribution in [3.8, 4) is 5.75 Å². The number of hydrogen-bond acceptors (Lipinski definition) is 4. The second kappa shape index (κ2) is 6.43. The number of ether oxygens (including phenoxy) is 1. The van der Waals surface area contributed by atoms with Gasteiger partial charge in [-0.25, -0.2) is 0 Å². The topological polar surface area (TPSA) is 64.4 Å². The monoisotopic (exact) mass is 290 g/mol. The third-order valence-corrected chi connectivity index (χ3v) is 4.24. The van der Waals surface area contributed by atoms with Crippen LogP contribution in [0.2, 0.25) is 0 Å². The smallest absolute Gasteiger partial charge is 0.311 e. The second-order valence-corrected chi connectivity index (χ2v) is 6.09. The Morgan fingerprint density at radius 1 is 1.19 bits per heavy atom. The molecule has 0 unspecified atom stereocenters. The van der Waals surface area contributed by atoms with E-state index in [9.17, 15) is 10.1 Å². The average molecular weight is 290 g/mol. The van der Waals surface area contributed by atoms with E-state index in [4.69, 9.17) is 4.74 Å². The predicted octanol–water partition coefficient (Wildman–Crippen LogP) is 3.56. The van der Waals surface area contributed by atoms with Gasteiger partial charge in [0.25, 0.3) is 0 Å². The van der Waals surface area contributed by atoms with E-state index in [-0.39, 0.29) is 16.7 Å². The first-order chi connectivity index (χ1) is 10.2. The van der Waals surface area contributed by atoms with Crippen LogP contribution in [0.3, 0.4) is 0 Å². The molecule has 114 valence electrons. The third kappa shape index (κ3) is 3.94. The predicted molar refractivity (Wildman–Crippen MR) is 80.5 cm³/mol. The van der Waals surface area contributed by atoms with Crippen molar-refractivity contribution in [3.63, 3.8) is 0 Å². The van der Waals surface area contributed by atoms with Gasteiger partial charge >= 0.3 is 5.69 Å². The van der Waals surface area contributed by atoms with E-state index in [2.05, 4.69) is 5.32 Å². The normalized spacial score (nSPS) is 19.4. The lowest BCUT2D eigenvalue weighted by Crippen LogP contribution is -2.20. The summed E-state index contributed by atoms with van der Waals surface area (Å²) in [6.45, 7) is 0.690. The zero-order valence-electron chi connectivity index (χ0n) is 12.2. The van der Waals surface area contributed by atoms with Gasteiger partial charge in [0.05, 0.1) is 11.0 Å². The summed E-state index contributed by atoms with van der Waals surface area (Å²) in [6.07, 6.45) is 8.12. The van der Waals surface area contributed by atoms with Gasteiger partial charge in [-0.3, -0.25) is 10.1 Å². The van der Waals surface area contributed by atoms with Crippen molar-refractivity contribution in [2.45, 2.75) is 63.6 Å². The van der Waals surface area contributed by atoms with Crippen LogP contribution < -0.4 is 10.1 Å². The molecule has 0 amide bonds. The molecule has 0 aliphatic heterocycles. The number of rotatable bonds is 6. The van der Waals surface area contributed by atoms with Gasteiger partial charge in [-0.15, -0.1) is 0 Å². The third-order valence-electron chi connectivity index (χ3n) is 4.24. The zero-order valence-corrected chi connectivity index (χ0v) is 12.2. The highest BCUT2D eigenvalue weighted by Crippen LogP contribution is 2.32. The fourth-order valence-corrected chi connectivity index (χ4v) is 2.83. The Hall–Kier alpha value is -1.62. The molecule has 0 aromatic heterocycles. The lowest BCUT2D eigenvalue weighted by molar-refractivity contribution is -0.386. The van der Waals surface area contributed by atoms with E-state index >= 15 is 0 Å². The summed E-state index contributed by atoms with van der Waals surface area (Å²) in [5.41, 5.74) is 1.04. The maximum Gasteiger partial charge on any atom is 0.311 e. The van der Waals surface area contributed by atoms with E-state index in [1.807, 2.05) is 6.07 Å². The van der Waals surface area contributed by atoms with E-state index < -0.39 is 0 Å². The highest BCUT2D eigenvalue weighted by molar-refractivity contribution is 5.48. The molecule has 0 atom stereocenters. The molecule has 0 heterocycles. The second-order valence-electron chi connectivity index (χ2n) is 6.09. The summed E-state index contributed by atoms with van der Waals surface area (Å²) < 4.78 is 5.88. The van der Waals surface area contributed by atoms with Crippen LogP contribution in [0.25, 0.3) is 0 Å². The minimum Gasteiger partial charge on any atom is -0.484 e. The zero-order chi connectivity index (χ0) is 14.7. The Balaban J connectivity index is 1.70. The van der Waals surface area contributed by atoms with Crippen LogP contribution in [0.5, 0.6) is 5.75 Å². The minimum atomic E-state index is -0.335.